The zero-order valence-corrected chi connectivity index (χ0v) is 8.52. The quantitative estimate of drug-likeness (QED) is 0.532. The van der Waals surface area contributed by atoms with Gasteiger partial charge in [0.25, 0.3) is 0 Å². The molecule has 14 heavy (non-hydrogen) atoms. The van der Waals surface area contributed by atoms with Crippen molar-refractivity contribution in [2.24, 2.45) is 0 Å². The van der Waals surface area contributed by atoms with E-state index >= 15 is 0 Å². The topological polar surface area (TPSA) is 0 Å². The zero-order valence-electron chi connectivity index (χ0n) is 8.52. The number of hydrogen-bond donors (Lipinski definition) is 0. The minimum atomic E-state index is 1.09. The van der Waals surface area contributed by atoms with Gasteiger partial charge in [0.15, 0.2) is 0 Å². The van der Waals surface area contributed by atoms with Gasteiger partial charge in [0.2, 0.25) is 0 Å². The molecule has 0 spiro atoms. The standard InChI is InChI=1S/C14H17/c1-2-4-6-8-10-12-14-13-11-9-7-5-3-1/h1-4,9-13H,5-8H2/b3-1-,4-2+,11-9-,12-10+,14-13?. The number of hydrogen-bond acceptors (Lipinski definition) is 0. The van der Waals surface area contributed by atoms with Crippen molar-refractivity contribution < 1.29 is 0 Å². The molecule has 0 N–H and O–H groups in total. The van der Waals surface area contributed by atoms with Crippen molar-refractivity contribution in [1.82, 2.24) is 0 Å². The lowest BCUT2D eigenvalue weighted by Gasteiger charge is -1.87. The lowest BCUT2D eigenvalue weighted by Crippen LogP contribution is -1.66. The highest BCUT2D eigenvalue weighted by Crippen LogP contribution is 1.97. The first-order chi connectivity index (χ1) is 7.00. The average molecular weight is 185 g/mol. The molecule has 0 aromatic heterocycles. The third kappa shape index (κ3) is 6.24. The van der Waals surface area contributed by atoms with Gasteiger partial charge in [-0.05, 0) is 31.8 Å². The van der Waals surface area contributed by atoms with Crippen LogP contribution in [-0.2, 0) is 0 Å². The molecule has 1 rings (SSSR count). The second-order valence-corrected chi connectivity index (χ2v) is 3.17. The average Bonchev–Trinajstić information content (AvgIpc) is 2.22. The van der Waals surface area contributed by atoms with E-state index in [9.17, 15) is 0 Å². The van der Waals surface area contributed by atoms with E-state index in [1.54, 1.807) is 0 Å². The first-order valence-electron chi connectivity index (χ1n) is 5.21. The monoisotopic (exact) mass is 185 g/mol. The molecule has 0 saturated heterocycles. The smallest absolute Gasteiger partial charge is 0.0187 e. The highest BCUT2D eigenvalue weighted by molar-refractivity contribution is 5.08. The van der Waals surface area contributed by atoms with Gasteiger partial charge in [-0.2, -0.15) is 0 Å². The predicted molar refractivity (Wildman–Crippen MR) is 62.8 cm³/mol. The summed E-state index contributed by atoms with van der Waals surface area (Å²) in [6.07, 6.45) is 26.5. The SMILES string of the molecule is [C]1=C/C=C\CC/C=C\C=C\CC/C=C/1. The van der Waals surface area contributed by atoms with Gasteiger partial charge in [0.1, 0.15) is 0 Å². The zero-order chi connectivity index (χ0) is 9.90. The second-order valence-electron chi connectivity index (χ2n) is 3.17. The van der Waals surface area contributed by atoms with Crippen LogP contribution in [0.25, 0.3) is 0 Å². The van der Waals surface area contributed by atoms with Gasteiger partial charge in [-0.25, -0.2) is 0 Å². The van der Waals surface area contributed by atoms with Gasteiger partial charge in [0, 0.05) is 0 Å². The fraction of sp³-hybridized carbons (Fsp3) is 0.286. The Balaban J connectivity index is 2.45. The first-order valence-corrected chi connectivity index (χ1v) is 5.21. The maximum Gasteiger partial charge on any atom is -0.0187 e. The normalized spacial score (nSPS) is 29.7. The van der Waals surface area contributed by atoms with Crippen molar-refractivity contribution in [2.75, 3.05) is 0 Å². The molecule has 0 nitrogen and oxygen atoms in total. The van der Waals surface area contributed by atoms with Crippen molar-refractivity contribution in [2.45, 2.75) is 25.7 Å². The third-order valence-corrected chi connectivity index (χ3v) is 1.93. The van der Waals surface area contributed by atoms with Crippen LogP contribution in [0.4, 0.5) is 0 Å². The Bertz CT molecular complexity index is 234. The summed E-state index contributed by atoms with van der Waals surface area (Å²) in [4.78, 5) is 0. The maximum absolute atomic E-state index is 3.10. The highest BCUT2D eigenvalue weighted by atomic mass is 13.8. The van der Waals surface area contributed by atoms with Crippen LogP contribution in [0.3, 0.4) is 0 Å². The van der Waals surface area contributed by atoms with E-state index in [1.165, 1.54) is 0 Å². The van der Waals surface area contributed by atoms with Crippen LogP contribution in [-0.4, -0.2) is 0 Å². The maximum atomic E-state index is 3.10. The molecule has 1 radical (unpaired) electrons. The number of allylic oxidation sites excluding steroid dienone is 10. The van der Waals surface area contributed by atoms with Crippen LogP contribution in [0.2, 0.25) is 0 Å². The minimum Gasteiger partial charge on any atom is -0.0842 e. The van der Waals surface area contributed by atoms with Crippen molar-refractivity contribution in [3.8, 4) is 0 Å². The third-order valence-electron chi connectivity index (χ3n) is 1.93. The fourth-order valence-corrected chi connectivity index (χ4v) is 1.16. The highest BCUT2D eigenvalue weighted by Gasteiger charge is 1.77. The Hall–Kier alpha value is -1.30. The number of rotatable bonds is 0. The van der Waals surface area contributed by atoms with Gasteiger partial charge < -0.3 is 0 Å². The summed E-state index contributed by atoms with van der Waals surface area (Å²) in [5, 5.41) is 0. The van der Waals surface area contributed by atoms with Gasteiger partial charge in [0.05, 0.1) is 0 Å². The molecule has 0 unspecified atom stereocenters. The van der Waals surface area contributed by atoms with Gasteiger partial charge in [-0.1, -0.05) is 54.7 Å². The molecule has 0 heteroatoms. The van der Waals surface area contributed by atoms with Crippen LogP contribution < -0.4 is 0 Å². The predicted octanol–water partition coefficient (Wildman–Crippen LogP) is 4.14. The molecular formula is C14H17. The summed E-state index contributed by atoms with van der Waals surface area (Å²) in [7, 11) is 0. The molecule has 0 aliphatic heterocycles. The second kappa shape index (κ2) is 8.31. The van der Waals surface area contributed by atoms with E-state index in [-0.39, 0.29) is 0 Å². The molecule has 73 valence electrons. The lowest BCUT2D eigenvalue weighted by atomic mass is 10.2. The van der Waals surface area contributed by atoms with Gasteiger partial charge >= 0.3 is 0 Å². The van der Waals surface area contributed by atoms with E-state index in [0.717, 1.165) is 25.7 Å². The molecule has 1 aliphatic rings. The van der Waals surface area contributed by atoms with Crippen LogP contribution in [0, 0.1) is 6.08 Å². The van der Waals surface area contributed by atoms with Crippen LogP contribution >= 0.6 is 0 Å². The summed E-state index contributed by atoms with van der Waals surface area (Å²) in [6, 6.07) is 0. The Morgan fingerprint density at radius 3 is 1.93 bits per heavy atom. The van der Waals surface area contributed by atoms with Crippen molar-refractivity contribution in [3.05, 3.63) is 60.8 Å². The molecule has 0 heterocycles. The Kier molecular flexibility index (Phi) is 6.39. The van der Waals surface area contributed by atoms with Crippen LogP contribution in [0.15, 0.2) is 54.7 Å². The Morgan fingerprint density at radius 1 is 0.643 bits per heavy atom. The summed E-state index contributed by atoms with van der Waals surface area (Å²) < 4.78 is 0. The summed E-state index contributed by atoms with van der Waals surface area (Å²) in [6.45, 7) is 0. The van der Waals surface area contributed by atoms with E-state index < -0.39 is 0 Å². The van der Waals surface area contributed by atoms with Gasteiger partial charge in [-0.3, -0.25) is 0 Å². The largest absolute Gasteiger partial charge is 0.0842 e. The summed E-state index contributed by atoms with van der Waals surface area (Å²) >= 11 is 0. The van der Waals surface area contributed by atoms with E-state index in [2.05, 4.69) is 48.6 Å². The van der Waals surface area contributed by atoms with E-state index in [4.69, 9.17) is 0 Å². The van der Waals surface area contributed by atoms with Gasteiger partial charge in [-0.15, -0.1) is 0 Å². The van der Waals surface area contributed by atoms with E-state index in [1.807, 2.05) is 12.2 Å². The molecule has 0 atom stereocenters. The fourth-order valence-electron chi connectivity index (χ4n) is 1.16. The molecular weight excluding hydrogens is 168 g/mol. The first kappa shape index (κ1) is 10.8. The van der Waals surface area contributed by atoms with E-state index in [0.29, 0.717) is 0 Å². The van der Waals surface area contributed by atoms with Crippen molar-refractivity contribution >= 4 is 0 Å². The van der Waals surface area contributed by atoms with Crippen molar-refractivity contribution in [3.63, 3.8) is 0 Å². The molecule has 0 aromatic carbocycles. The molecule has 0 bridgehead atoms. The molecule has 0 saturated carbocycles. The lowest BCUT2D eigenvalue weighted by molar-refractivity contribution is 1.04. The summed E-state index contributed by atoms with van der Waals surface area (Å²) in [5.41, 5.74) is 0. The minimum absolute atomic E-state index is 1.09. The molecule has 0 aromatic rings. The Labute approximate surface area is 87.0 Å². The molecule has 0 fully saturated rings. The van der Waals surface area contributed by atoms with Crippen LogP contribution in [0.5, 0.6) is 0 Å². The molecule has 1 aliphatic carbocycles. The summed E-state index contributed by atoms with van der Waals surface area (Å²) in [5.74, 6) is 0. The Morgan fingerprint density at radius 2 is 1.21 bits per heavy atom. The van der Waals surface area contributed by atoms with Crippen molar-refractivity contribution in [1.29, 1.82) is 0 Å². The van der Waals surface area contributed by atoms with Crippen LogP contribution in [0.1, 0.15) is 25.7 Å². The molecule has 0 amide bonds.